The molecule has 0 saturated heterocycles. The lowest BCUT2D eigenvalue weighted by atomic mass is 10.1. The Morgan fingerprint density at radius 2 is 1.96 bits per heavy atom. The molecule has 2 N–H and O–H groups in total. The van der Waals surface area contributed by atoms with Crippen LogP contribution in [-0.2, 0) is 24.3 Å². The van der Waals surface area contributed by atoms with Gasteiger partial charge in [-0.3, -0.25) is 9.59 Å². The van der Waals surface area contributed by atoms with Crippen LogP contribution in [0.15, 0.2) is 21.7 Å². The Kier molecular flexibility index (Phi) is 6.00. The van der Waals surface area contributed by atoms with E-state index in [1.165, 1.54) is 13.0 Å². The van der Waals surface area contributed by atoms with Crippen molar-refractivity contribution in [1.82, 2.24) is 10.0 Å². The molecule has 1 fully saturated rings. The molecule has 1 aromatic rings. The highest BCUT2D eigenvalue weighted by Crippen LogP contribution is 2.20. The highest BCUT2D eigenvalue weighted by Gasteiger charge is 2.33. The third kappa shape index (κ3) is 5.02. The lowest BCUT2D eigenvalue weighted by Crippen LogP contribution is -2.47. The Labute approximate surface area is 145 Å². The van der Waals surface area contributed by atoms with Crippen molar-refractivity contribution in [3.05, 3.63) is 17.5 Å². The quantitative estimate of drug-likeness (QED) is 0.667. The Bertz CT molecular complexity index is 681. The van der Waals surface area contributed by atoms with Crippen molar-refractivity contribution in [2.24, 2.45) is 5.92 Å². The number of esters is 1. The second kappa shape index (κ2) is 7.62. The van der Waals surface area contributed by atoms with Crippen LogP contribution in [0.5, 0.6) is 0 Å². The maximum Gasteiger partial charge on any atom is 0.325 e. The Morgan fingerprint density at radius 3 is 2.46 bits per heavy atom. The van der Waals surface area contributed by atoms with Crippen LogP contribution in [0.4, 0.5) is 0 Å². The van der Waals surface area contributed by atoms with E-state index in [0.29, 0.717) is 0 Å². The van der Waals surface area contributed by atoms with Gasteiger partial charge in [-0.25, -0.2) is 8.42 Å². The van der Waals surface area contributed by atoms with E-state index in [0.717, 1.165) is 24.2 Å². The minimum absolute atomic E-state index is 0.125. The van der Waals surface area contributed by atoms with Crippen molar-refractivity contribution >= 4 is 33.2 Å². The van der Waals surface area contributed by atoms with Crippen molar-refractivity contribution in [1.29, 1.82) is 0 Å². The molecule has 7 nitrogen and oxygen atoms in total. The van der Waals surface area contributed by atoms with E-state index in [2.05, 4.69) is 10.0 Å². The van der Waals surface area contributed by atoms with Crippen molar-refractivity contribution < 1.29 is 22.7 Å². The fraction of sp³-hybridized carbons (Fsp3) is 0.600. The minimum Gasteiger partial charge on any atom is -0.451 e. The van der Waals surface area contributed by atoms with Gasteiger partial charge in [0.15, 0.2) is 6.10 Å². The molecule has 2 rings (SSSR count). The second-order valence-corrected chi connectivity index (χ2v) is 9.03. The minimum atomic E-state index is -3.80. The lowest BCUT2D eigenvalue weighted by molar-refractivity contribution is -0.157. The van der Waals surface area contributed by atoms with Gasteiger partial charge in [-0.2, -0.15) is 4.72 Å². The molecule has 134 valence electrons. The first-order valence-corrected chi connectivity index (χ1v) is 10.1. The SMILES string of the molecule is CC(C)[C@@H](NS(=O)(=O)c1cccs1)C(=O)O[C@H](C)C(=O)NC1CC1. The van der Waals surface area contributed by atoms with E-state index in [1.807, 2.05) is 0 Å². The van der Waals surface area contributed by atoms with Gasteiger partial charge >= 0.3 is 5.97 Å². The summed E-state index contributed by atoms with van der Waals surface area (Å²) >= 11 is 1.06. The molecule has 1 saturated carbocycles. The monoisotopic (exact) mass is 374 g/mol. The zero-order valence-electron chi connectivity index (χ0n) is 13.8. The number of thiophene rings is 1. The summed E-state index contributed by atoms with van der Waals surface area (Å²) in [6, 6.07) is 2.18. The second-order valence-electron chi connectivity index (χ2n) is 6.14. The number of carbonyl (C=O) groups is 2. The molecular weight excluding hydrogens is 352 g/mol. The molecule has 24 heavy (non-hydrogen) atoms. The van der Waals surface area contributed by atoms with Gasteiger partial charge in [0.1, 0.15) is 10.3 Å². The highest BCUT2D eigenvalue weighted by molar-refractivity contribution is 7.91. The molecule has 0 spiro atoms. The van der Waals surface area contributed by atoms with Crippen LogP contribution in [0.3, 0.4) is 0 Å². The molecule has 0 bridgehead atoms. The third-order valence-electron chi connectivity index (χ3n) is 3.55. The average molecular weight is 374 g/mol. The summed E-state index contributed by atoms with van der Waals surface area (Å²) in [5.74, 6) is -1.45. The Morgan fingerprint density at radius 1 is 1.29 bits per heavy atom. The topological polar surface area (TPSA) is 102 Å². The van der Waals surface area contributed by atoms with Gasteiger partial charge in [-0.05, 0) is 37.1 Å². The van der Waals surface area contributed by atoms with Gasteiger partial charge in [-0.15, -0.1) is 11.3 Å². The molecule has 0 aliphatic heterocycles. The number of hydrogen-bond acceptors (Lipinski definition) is 6. The number of nitrogens with one attached hydrogen (secondary N) is 2. The summed E-state index contributed by atoms with van der Waals surface area (Å²) in [4.78, 5) is 24.2. The molecule has 0 aromatic carbocycles. The zero-order chi connectivity index (χ0) is 17.9. The van der Waals surface area contributed by atoms with Crippen LogP contribution in [0.25, 0.3) is 0 Å². The van der Waals surface area contributed by atoms with Crippen molar-refractivity contribution in [2.75, 3.05) is 0 Å². The van der Waals surface area contributed by atoms with E-state index >= 15 is 0 Å². The standard InChI is InChI=1S/C15H22N2O5S2/c1-9(2)13(17-24(20,21)12-5-4-8-23-12)15(19)22-10(3)14(18)16-11-6-7-11/h4-5,8-11,13,17H,6-7H2,1-3H3,(H,16,18)/t10-,13-/m1/s1. The summed E-state index contributed by atoms with van der Waals surface area (Å²) in [7, 11) is -3.80. The van der Waals surface area contributed by atoms with Gasteiger partial charge in [-0.1, -0.05) is 19.9 Å². The Balaban J connectivity index is 2.01. The molecular formula is C15H22N2O5S2. The predicted molar refractivity (Wildman–Crippen MR) is 90.0 cm³/mol. The van der Waals surface area contributed by atoms with Crippen LogP contribution < -0.4 is 10.0 Å². The van der Waals surface area contributed by atoms with E-state index in [4.69, 9.17) is 4.74 Å². The van der Waals surface area contributed by atoms with Crippen molar-refractivity contribution in [3.63, 3.8) is 0 Å². The number of carbonyl (C=O) groups excluding carboxylic acids is 2. The molecule has 1 heterocycles. The summed E-state index contributed by atoms with van der Waals surface area (Å²) in [6.45, 7) is 4.89. The van der Waals surface area contributed by atoms with Crippen molar-refractivity contribution in [3.8, 4) is 0 Å². The maximum atomic E-state index is 12.3. The summed E-state index contributed by atoms with van der Waals surface area (Å²) in [5, 5.41) is 4.39. The zero-order valence-corrected chi connectivity index (χ0v) is 15.4. The molecule has 2 atom stereocenters. The number of rotatable bonds is 8. The lowest BCUT2D eigenvalue weighted by Gasteiger charge is -2.22. The van der Waals surface area contributed by atoms with E-state index in [1.54, 1.807) is 25.3 Å². The summed E-state index contributed by atoms with van der Waals surface area (Å²) in [5.41, 5.74) is 0. The van der Waals surface area contributed by atoms with Crippen LogP contribution in [0.2, 0.25) is 0 Å². The fourth-order valence-corrected chi connectivity index (χ4v) is 4.29. The Hall–Kier alpha value is -1.45. The molecule has 1 aromatic heterocycles. The van der Waals surface area contributed by atoms with Gasteiger partial charge in [0.2, 0.25) is 0 Å². The van der Waals surface area contributed by atoms with Crippen LogP contribution in [0.1, 0.15) is 33.6 Å². The molecule has 1 aliphatic carbocycles. The van der Waals surface area contributed by atoms with Crippen LogP contribution >= 0.6 is 11.3 Å². The smallest absolute Gasteiger partial charge is 0.325 e. The first-order valence-electron chi connectivity index (χ1n) is 7.77. The highest BCUT2D eigenvalue weighted by atomic mass is 32.2. The predicted octanol–water partition coefficient (Wildman–Crippen LogP) is 1.26. The summed E-state index contributed by atoms with van der Waals surface area (Å²) < 4.78 is 32.2. The van der Waals surface area contributed by atoms with Gasteiger partial charge in [0, 0.05) is 6.04 Å². The van der Waals surface area contributed by atoms with E-state index < -0.39 is 28.1 Å². The average Bonchev–Trinajstić information content (AvgIpc) is 3.13. The first-order chi connectivity index (χ1) is 11.2. The van der Waals surface area contributed by atoms with E-state index in [9.17, 15) is 18.0 Å². The normalized spacial score (nSPS) is 17.3. The molecule has 0 unspecified atom stereocenters. The number of ether oxygens (including phenoxy) is 1. The van der Waals surface area contributed by atoms with E-state index in [-0.39, 0.29) is 22.1 Å². The molecule has 9 heteroatoms. The molecule has 0 radical (unpaired) electrons. The van der Waals surface area contributed by atoms with Crippen LogP contribution in [0, 0.1) is 5.92 Å². The van der Waals surface area contributed by atoms with Gasteiger partial charge < -0.3 is 10.1 Å². The molecule has 1 amide bonds. The van der Waals surface area contributed by atoms with Gasteiger partial charge in [0.25, 0.3) is 15.9 Å². The number of hydrogen-bond donors (Lipinski definition) is 2. The van der Waals surface area contributed by atoms with Crippen LogP contribution in [-0.4, -0.2) is 38.5 Å². The number of amides is 1. The van der Waals surface area contributed by atoms with Gasteiger partial charge in [0.05, 0.1) is 0 Å². The summed E-state index contributed by atoms with van der Waals surface area (Å²) in [6.07, 6.45) is 0.897. The number of sulfonamides is 1. The fourth-order valence-electron chi connectivity index (χ4n) is 1.95. The third-order valence-corrected chi connectivity index (χ3v) is 6.39. The first kappa shape index (κ1) is 18.9. The van der Waals surface area contributed by atoms with Crippen molar-refractivity contribution in [2.45, 2.75) is 56.0 Å². The largest absolute Gasteiger partial charge is 0.451 e. The molecule has 1 aliphatic rings. The maximum absolute atomic E-state index is 12.3.